The van der Waals surface area contributed by atoms with Gasteiger partial charge in [-0.25, -0.2) is 4.79 Å². The fourth-order valence-electron chi connectivity index (χ4n) is 9.04. The predicted octanol–water partition coefficient (Wildman–Crippen LogP) is 8.40. The van der Waals surface area contributed by atoms with Crippen LogP contribution >= 0.6 is 12.4 Å². The minimum absolute atomic E-state index is 0. The maximum Gasteiger partial charge on any atom is 0.406 e. The molecule has 0 spiro atoms. The molecule has 6 heteroatoms. The van der Waals surface area contributed by atoms with Crippen molar-refractivity contribution in [2.24, 2.45) is 58.0 Å². The lowest BCUT2D eigenvalue weighted by molar-refractivity contribution is -0.0573. The molecule has 0 radical (unpaired) electrons. The smallest absolute Gasteiger partial charge is 0.406 e. The van der Waals surface area contributed by atoms with Gasteiger partial charge in [0.2, 0.25) is 0 Å². The molecule has 0 saturated heterocycles. The molecule has 228 valence electrons. The van der Waals surface area contributed by atoms with E-state index in [-0.39, 0.29) is 24.4 Å². The lowest BCUT2D eigenvalue weighted by atomic mass is 9.47. The summed E-state index contributed by atoms with van der Waals surface area (Å²) in [6.45, 7) is 17.9. The van der Waals surface area contributed by atoms with Crippen molar-refractivity contribution < 1.29 is 15.0 Å². The highest BCUT2D eigenvalue weighted by atomic mass is 35.5. The molecule has 3 fully saturated rings. The minimum Gasteiger partial charge on any atom is -0.465 e. The summed E-state index contributed by atoms with van der Waals surface area (Å²) >= 11 is 0. The van der Waals surface area contributed by atoms with E-state index in [4.69, 9.17) is 10.8 Å². The van der Waals surface area contributed by atoms with Crippen LogP contribution in [0.2, 0.25) is 0 Å². The summed E-state index contributed by atoms with van der Waals surface area (Å²) in [6.07, 6.45) is 16.1. The van der Waals surface area contributed by atoms with E-state index in [0.29, 0.717) is 10.8 Å². The molecule has 0 aromatic carbocycles. The number of halogens is 1. The van der Waals surface area contributed by atoms with Gasteiger partial charge in [-0.1, -0.05) is 79.4 Å². The van der Waals surface area contributed by atoms with Crippen molar-refractivity contribution in [3.63, 3.8) is 0 Å². The van der Waals surface area contributed by atoms with Crippen LogP contribution in [0.3, 0.4) is 0 Å². The first-order chi connectivity index (χ1) is 17.6. The number of amides is 1. The van der Waals surface area contributed by atoms with Gasteiger partial charge in [0.05, 0.1) is 11.8 Å². The van der Waals surface area contributed by atoms with E-state index < -0.39 is 11.8 Å². The molecule has 4 aliphatic rings. The quantitative estimate of drug-likeness (QED) is 0.183. The highest BCUT2D eigenvalue weighted by Gasteiger charge is 2.59. The van der Waals surface area contributed by atoms with Crippen LogP contribution in [0.25, 0.3) is 0 Å². The summed E-state index contributed by atoms with van der Waals surface area (Å²) in [5, 5.41) is 20.7. The molecule has 39 heavy (non-hydrogen) atoms. The normalized spacial score (nSPS) is 37.6. The Bertz CT molecular complexity index is 843. The Kier molecular flexibility index (Phi) is 11.9. The van der Waals surface area contributed by atoms with Crippen molar-refractivity contribution >= 4 is 18.5 Å². The third-order valence-corrected chi connectivity index (χ3v) is 11.9. The summed E-state index contributed by atoms with van der Waals surface area (Å²) in [5.74, 6) is 5.54. The fraction of sp³-hybridized carbons (Fsp3) is 0.909. The topological polar surface area (TPSA) is 95.6 Å². The molecule has 5 nitrogen and oxygen atoms in total. The van der Waals surface area contributed by atoms with Crippen LogP contribution in [0, 0.1) is 52.3 Å². The highest BCUT2D eigenvalue weighted by Crippen LogP contribution is 2.67. The average molecular weight is 569 g/mol. The predicted molar refractivity (Wildman–Crippen MR) is 165 cm³/mol. The first kappa shape index (κ1) is 34.4. The molecule has 0 aliphatic heterocycles. The van der Waals surface area contributed by atoms with Gasteiger partial charge < -0.3 is 21.3 Å². The van der Waals surface area contributed by atoms with E-state index in [1.54, 1.807) is 12.5 Å². The molecule has 0 aromatic heterocycles. The lowest BCUT2D eigenvalue weighted by Gasteiger charge is -2.58. The van der Waals surface area contributed by atoms with Crippen LogP contribution in [0.4, 0.5) is 4.79 Å². The van der Waals surface area contributed by atoms with Crippen LogP contribution in [0.15, 0.2) is 11.6 Å². The van der Waals surface area contributed by atoms with E-state index in [1.165, 1.54) is 57.8 Å². The number of hydrogen-bond acceptors (Lipinski definition) is 3. The summed E-state index contributed by atoms with van der Waals surface area (Å²) in [7, 11) is 0. The van der Waals surface area contributed by atoms with Gasteiger partial charge in [0.15, 0.2) is 0 Å². The maximum absolute atomic E-state index is 10.2. The second-order valence-electron chi connectivity index (χ2n) is 15.1. The summed E-state index contributed by atoms with van der Waals surface area (Å²) in [4.78, 5) is 10.1. The zero-order valence-corrected chi connectivity index (χ0v) is 27.1. The van der Waals surface area contributed by atoms with Crippen molar-refractivity contribution in [3.8, 4) is 0 Å². The summed E-state index contributed by atoms with van der Waals surface area (Å²) < 4.78 is 0. The standard InChI is InChI=1S/C27H46O.C6H14N2O2.ClH/c1-18(2)7-6-8-19(3)23-11-12-24-22-10-9-20-17-21(28)13-15-26(20,4)25(22)14-16-27(23,24)5;1-4(2)6(3,7)8-5(9)10;/h9,18-19,21-25,28H,6-8,10-17H2,1-5H3;4,8H,7H2,1-3H3,(H,9,10);1H/t19?,21-,22-,23+,24-,25-,26-,27+;;/m0../s1. The van der Waals surface area contributed by atoms with Crippen LogP contribution in [-0.2, 0) is 0 Å². The number of nitrogens with two attached hydrogens (primary N) is 1. The van der Waals surface area contributed by atoms with Gasteiger partial charge in [-0.3, -0.25) is 0 Å². The first-order valence-corrected chi connectivity index (χ1v) is 15.8. The number of nitrogens with one attached hydrogen (secondary N) is 1. The number of carbonyl (C=O) groups is 1. The Hall–Kier alpha value is -0.780. The number of aliphatic hydroxyl groups excluding tert-OH is 1. The van der Waals surface area contributed by atoms with Crippen molar-refractivity contribution in [2.45, 2.75) is 138 Å². The molecule has 3 saturated carbocycles. The molecular formula is C33H61ClN2O3. The Labute approximate surface area is 246 Å². The van der Waals surface area contributed by atoms with Gasteiger partial charge in [0.1, 0.15) is 0 Å². The second-order valence-corrected chi connectivity index (χ2v) is 15.1. The Balaban J connectivity index is 0.000000417. The molecule has 4 rings (SSSR count). The van der Waals surface area contributed by atoms with Crippen molar-refractivity contribution in [1.29, 1.82) is 0 Å². The van der Waals surface area contributed by atoms with Gasteiger partial charge in [0, 0.05) is 0 Å². The van der Waals surface area contributed by atoms with Crippen LogP contribution in [0.1, 0.15) is 126 Å². The van der Waals surface area contributed by atoms with E-state index in [1.807, 2.05) is 13.8 Å². The Morgan fingerprint density at radius 2 is 1.74 bits per heavy atom. The zero-order valence-electron chi connectivity index (χ0n) is 26.3. The number of hydrogen-bond donors (Lipinski definition) is 4. The Morgan fingerprint density at radius 1 is 1.08 bits per heavy atom. The highest BCUT2D eigenvalue weighted by molar-refractivity contribution is 5.85. The molecule has 1 amide bonds. The fourth-order valence-corrected chi connectivity index (χ4v) is 9.04. The first-order valence-electron chi connectivity index (χ1n) is 15.8. The third-order valence-electron chi connectivity index (χ3n) is 11.9. The largest absolute Gasteiger partial charge is 0.465 e. The van der Waals surface area contributed by atoms with Crippen LogP contribution < -0.4 is 11.1 Å². The second kappa shape index (κ2) is 13.5. The van der Waals surface area contributed by atoms with Gasteiger partial charge >= 0.3 is 6.09 Å². The molecule has 0 bridgehead atoms. The number of rotatable bonds is 7. The molecule has 2 unspecified atom stereocenters. The minimum atomic E-state index is -1.08. The number of fused-ring (bicyclic) bond motifs is 5. The Morgan fingerprint density at radius 3 is 2.31 bits per heavy atom. The molecular weight excluding hydrogens is 508 g/mol. The van der Waals surface area contributed by atoms with Crippen LogP contribution in [0.5, 0.6) is 0 Å². The van der Waals surface area contributed by atoms with Crippen molar-refractivity contribution in [3.05, 3.63) is 11.6 Å². The number of carboxylic acid groups (broad SMARTS) is 1. The van der Waals surface area contributed by atoms with Crippen molar-refractivity contribution in [2.75, 3.05) is 0 Å². The van der Waals surface area contributed by atoms with Crippen molar-refractivity contribution in [1.82, 2.24) is 5.32 Å². The maximum atomic E-state index is 10.2. The van der Waals surface area contributed by atoms with Crippen LogP contribution in [-0.4, -0.2) is 28.1 Å². The van der Waals surface area contributed by atoms with Gasteiger partial charge in [-0.15, -0.1) is 12.4 Å². The molecule has 9 atom stereocenters. The summed E-state index contributed by atoms with van der Waals surface area (Å²) in [5.41, 5.74) is 7.34. The SMILES string of the molecule is CC(C)C(C)(N)NC(=O)O.CC(C)CCCC(C)[C@H]1CC[C@H]2[C@@H]3CC=C4C[C@@H](O)CC[C@]4(C)[C@H]3CC[C@]12C.Cl. The lowest BCUT2D eigenvalue weighted by Crippen LogP contribution is -2.56. The number of aliphatic hydroxyl groups is 1. The molecule has 5 N–H and O–H groups in total. The molecule has 0 heterocycles. The molecule has 4 aliphatic carbocycles. The number of allylic oxidation sites excluding steroid dienone is 1. The monoisotopic (exact) mass is 568 g/mol. The van der Waals surface area contributed by atoms with E-state index in [2.05, 4.69) is 46.0 Å². The third kappa shape index (κ3) is 7.55. The van der Waals surface area contributed by atoms with Gasteiger partial charge in [-0.2, -0.15) is 0 Å². The van der Waals surface area contributed by atoms with E-state index in [9.17, 15) is 9.90 Å². The zero-order chi connectivity index (χ0) is 28.5. The average Bonchev–Trinajstić information content (AvgIpc) is 3.16. The summed E-state index contributed by atoms with van der Waals surface area (Å²) in [6, 6.07) is 0. The van der Waals surface area contributed by atoms with Gasteiger partial charge in [-0.05, 0) is 111 Å². The molecule has 0 aromatic rings. The van der Waals surface area contributed by atoms with Gasteiger partial charge in [0.25, 0.3) is 0 Å². The van der Waals surface area contributed by atoms with E-state index in [0.717, 1.165) is 48.3 Å². The van der Waals surface area contributed by atoms with E-state index >= 15 is 0 Å².